The summed E-state index contributed by atoms with van der Waals surface area (Å²) in [6.07, 6.45) is 0. The molecule has 0 spiro atoms. The van der Waals surface area contributed by atoms with Gasteiger partial charge in [0.25, 0.3) is 17.7 Å². The Morgan fingerprint density at radius 3 is 2.05 bits per heavy atom. The standard InChI is InChI=1S/C31H29N5O3/c1-21-28(22(2)36(32-21)24-10-4-3-5-11-24)20-33-15-17-34(18-16-33)29(37)23-9-8-12-25(19-23)35-30(38)26-13-6-7-14-27(26)31(35)39/h3-14,19H,15-18,20H2,1-2H3. The summed E-state index contributed by atoms with van der Waals surface area (Å²) in [7, 11) is 0. The minimum Gasteiger partial charge on any atom is -0.336 e. The number of para-hydroxylation sites is 1. The first kappa shape index (κ1) is 24.8. The lowest BCUT2D eigenvalue weighted by Gasteiger charge is -2.35. The van der Waals surface area contributed by atoms with Gasteiger partial charge in [-0.2, -0.15) is 5.10 Å². The Bertz CT molecular complexity index is 1550. The third-order valence-corrected chi connectivity index (χ3v) is 7.63. The average Bonchev–Trinajstić information content (AvgIpc) is 3.40. The van der Waals surface area contributed by atoms with Crippen molar-refractivity contribution in [3.8, 4) is 5.69 Å². The lowest BCUT2D eigenvalue weighted by Crippen LogP contribution is -2.48. The minimum atomic E-state index is -0.366. The number of aromatic nitrogens is 2. The van der Waals surface area contributed by atoms with Crippen LogP contribution in [0, 0.1) is 13.8 Å². The minimum absolute atomic E-state index is 0.0997. The van der Waals surface area contributed by atoms with Gasteiger partial charge < -0.3 is 4.90 Å². The van der Waals surface area contributed by atoms with E-state index in [9.17, 15) is 14.4 Å². The number of imide groups is 1. The van der Waals surface area contributed by atoms with Crippen molar-refractivity contribution >= 4 is 23.4 Å². The van der Waals surface area contributed by atoms with E-state index in [1.165, 1.54) is 5.56 Å². The highest BCUT2D eigenvalue weighted by Gasteiger charge is 2.36. The number of rotatable bonds is 5. The molecule has 0 unspecified atom stereocenters. The molecule has 0 radical (unpaired) electrons. The van der Waals surface area contributed by atoms with Gasteiger partial charge in [-0.3, -0.25) is 19.3 Å². The van der Waals surface area contributed by atoms with Crippen molar-refractivity contribution < 1.29 is 14.4 Å². The van der Waals surface area contributed by atoms with E-state index in [0.717, 1.165) is 41.6 Å². The second-order valence-corrected chi connectivity index (χ2v) is 10.0. The first-order valence-corrected chi connectivity index (χ1v) is 13.1. The van der Waals surface area contributed by atoms with E-state index in [0.29, 0.717) is 35.5 Å². The van der Waals surface area contributed by atoms with Gasteiger partial charge in [-0.15, -0.1) is 0 Å². The number of hydrogen-bond donors (Lipinski definition) is 0. The van der Waals surface area contributed by atoms with Crippen molar-refractivity contribution in [3.63, 3.8) is 0 Å². The van der Waals surface area contributed by atoms with E-state index in [1.54, 1.807) is 48.5 Å². The Morgan fingerprint density at radius 2 is 1.38 bits per heavy atom. The van der Waals surface area contributed by atoms with Crippen LogP contribution in [0.5, 0.6) is 0 Å². The van der Waals surface area contributed by atoms with Crippen molar-refractivity contribution in [1.29, 1.82) is 0 Å². The molecule has 8 nitrogen and oxygen atoms in total. The van der Waals surface area contributed by atoms with E-state index < -0.39 is 0 Å². The van der Waals surface area contributed by atoms with Gasteiger partial charge in [-0.1, -0.05) is 36.4 Å². The number of carbonyl (C=O) groups is 3. The van der Waals surface area contributed by atoms with Crippen molar-refractivity contribution in [1.82, 2.24) is 19.6 Å². The molecule has 1 aromatic heterocycles. The maximum absolute atomic E-state index is 13.4. The number of carbonyl (C=O) groups excluding carboxylic acids is 3. The van der Waals surface area contributed by atoms with Gasteiger partial charge in [0.1, 0.15) is 0 Å². The SMILES string of the molecule is Cc1nn(-c2ccccc2)c(C)c1CN1CCN(C(=O)c2cccc(N3C(=O)c4ccccc4C3=O)c2)CC1. The molecule has 2 aliphatic heterocycles. The van der Waals surface area contributed by atoms with Gasteiger partial charge >= 0.3 is 0 Å². The molecule has 1 fully saturated rings. The van der Waals surface area contributed by atoms with Crippen molar-refractivity contribution in [2.45, 2.75) is 20.4 Å². The summed E-state index contributed by atoms with van der Waals surface area (Å²) >= 11 is 0. The van der Waals surface area contributed by atoms with Crippen LogP contribution in [0.4, 0.5) is 5.69 Å². The van der Waals surface area contributed by atoms with Crippen LogP contribution in [0.25, 0.3) is 5.69 Å². The van der Waals surface area contributed by atoms with Crippen LogP contribution in [-0.2, 0) is 6.54 Å². The summed E-state index contributed by atoms with van der Waals surface area (Å²) < 4.78 is 1.99. The largest absolute Gasteiger partial charge is 0.336 e. The highest BCUT2D eigenvalue weighted by atomic mass is 16.2. The molecule has 3 heterocycles. The Morgan fingerprint density at radius 1 is 0.769 bits per heavy atom. The monoisotopic (exact) mass is 519 g/mol. The van der Waals surface area contributed by atoms with E-state index in [2.05, 4.69) is 24.0 Å². The summed E-state index contributed by atoms with van der Waals surface area (Å²) in [5, 5.41) is 4.77. The number of piperazine rings is 1. The fourth-order valence-corrected chi connectivity index (χ4v) is 5.44. The van der Waals surface area contributed by atoms with Crippen molar-refractivity contribution in [3.05, 3.63) is 113 Å². The first-order valence-electron chi connectivity index (χ1n) is 13.1. The van der Waals surface area contributed by atoms with Crippen LogP contribution in [0.15, 0.2) is 78.9 Å². The predicted molar refractivity (Wildman–Crippen MR) is 148 cm³/mol. The molecule has 3 aromatic carbocycles. The quantitative estimate of drug-likeness (QED) is 0.369. The second kappa shape index (κ2) is 9.96. The Labute approximate surface area is 227 Å². The van der Waals surface area contributed by atoms with Crippen LogP contribution in [-0.4, -0.2) is 63.5 Å². The fraction of sp³-hybridized carbons (Fsp3) is 0.226. The molecule has 2 aliphatic rings. The molecule has 0 saturated carbocycles. The zero-order valence-corrected chi connectivity index (χ0v) is 22.0. The van der Waals surface area contributed by atoms with Gasteiger partial charge in [0.15, 0.2) is 0 Å². The molecular formula is C31H29N5O3. The van der Waals surface area contributed by atoms with Crippen molar-refractivity contribution in [2.24, 2.45) is 0 Å². The third kappa shape index (κ3) is 4.42. The van der Waals surface area contributed by atoms with Gasteiger partial charge in [0.2, 0.25) is 0 Å². The topological polar surface area (TPSA) is 78.8 Å². The number of fused-ring (bicyclic) bond motifs is 1. The van der Waals surface area contributed by atoms with Crippen LogP contribution in [0.1, 0.15) is 48.0 Å². The molecule has 0 bridgehead atoms. The van der Waals surface area contributed by atoms with Gasteiger partial charge in [0, 0.05) is 49.5 Å². The molecule has 1 saturated heterocycles. The number of amides is 3. The summed E-state index contributed by atoms with van der Waals surface area (Å²) in [6, 6.07) is 23.7. The number of benzene rings is 3. The lowest BCUT2D eigenvalue weighted by molar-refractivity contribution is 0.0627. The maximum atomic E-state index is 13.4. The van der Waals surface area contributed by atoms with Crippen LogP contribution < -0.4 is 4.90 Å². The second-order valence-electron chi connectivity index (χ2n) is 10.0. The first-order chi connectivity index (χ1) is 18.9. The lowest BCUT2D eigenvalue weighted by atomic mass is 10.1. The number of hydrogen-bond acceptors (Lipinski definition) is 5. The van der Waals surface area contributed by atoms with E-state index in [4.69, 9.17) is 5.10 Å². The molecule has 3 amide bonds. The van der Waals surface area contributed by atoms with E-state index >= 15 is 0 Å². The zero-order valence-electron chi connectivity index (χ0n) is 22.0. The normalized spacial score (nSPS) is 15.6. The molecule has 39 heavy (non-hydrogen) atoms. The van der Waals surface area contributed by atoms with Crippen LogP contribution >= 0.6 is 0 Å². The average molecular weight is 520 g/mol. The molecule has 0 aliphatic carbocycles. The van der Waals surface area contributed by atoms with E-state index in [-0.39, 0.29) is 17.7 Å². The van der Waals surface area contributed by atoms with Crippen molar-refractivity contribution in [2.75, 3.05) is 31.1 Å². The van der Waals surface area contributed by atoms with Gasteiger partial charge in [0.05, 0.1) is 28.2 Å². The Balaban J connectivity index is 1.12. The molecule has 196 valence electrons. The highest BCUT2D eigenvalue weighted by Crippen LogP contribution is 2.29. The number of anilines is 1. The van der Waals surface area contributed by atoms with Crippen LogP contribution in [0.2, 0.25) is 0 Å². The zero-order chi connectivity index (χ0) is 27.1. The molecule has 0 N–H and O–H groups in total. The molecule has 8 heteroatoms. The van der Waals surface area contributed by atoms with Gasteiger partial charge in [-0.05, 0) is 56.3 Å². The summed E-state index contributed by atoms with van der Waals surface area (Å²) in [5.41, 5.74) is 6.04. The number of aryl methyl sites for hydroxylation is 1. The smallest absolute Gasteiger partial charge is 0.266 e. The summed E-state index contributed by atoms with van der Waals surface area (Å²) in [5.74, 6) is -0.831. The predicted octanol–water partition coefficient (Wildman–Crippen LogP) is 4.25. The Kier molecular flexibility index (Phi) is 6.32. The number of nitrogens with zero attached hydrogens (tertiary/aromatic N) is 5. The molecular weight excluding hydrogens is 490 g/mol. The summed E-state index contributed by atoms with van der Waals surface area (Å²) in [6.45, 7) is 7.62. The molecule has 6 rings (SSSR count). The Hall–Kier alpha value is -4.56. The van der Waals surface area contributed by atoms with Gasteiger partial charge in [-0.25, -0.2) is 9.58 Å². The third-order valence-electron chi connectivity index (χ3n) is 7.63. The fourth-order valence-electron chi connectivity index (χ4n) is 5.44. The maximum Gasteiger partial charge on any atom is 0.266 e. The highest BCUT2D eigenvalue weighted by molar-refractivity contribution is 6.34. The molecule has 4 aromatic rings. The van der Waals surface area contributed by atoms with Crippen LogP contribution in [0.3, 0.4) is 0 Å². The molecule has 0 atom stereocenters. The van der Waals surface area contributed by atoms with E-state index in [1.807, 2.05) is 34.7 Å². The summed E-state index contributed by atoms with van der Waals surface area (Å²) in [4.78, 5) is 44.5.